The number of benzene rings is 2. The lowest BCUT2D eigenvalue weighted by atomic mass is 9.86. The van der Waals surface area contributed by atoms with E-state index >= 15 is 0 Å². The minimum atomic E-state index is 0.592. The van der Waals surface area contributed by atoms with Crippen LogP contribution in [0.3, 0.4) is 0 Å². The van der Waals surface area contributed by atoms with Gasteiger partial charge >= 0.3 is 0 Å². The molecular formula is C28H31N7. The van der Waals surface area contributed by atoms with Gasteiger partial charge in [0.2, 0.25) is 5.82 Å². The van der Waals surface area contributed by atoms with Crippen LogP contribution in [0.4, 0.5) is 0 Å². The van der Waals surface area contributed by atoms with E-state index < -0.39 is 0 Å². The van der Waals surface area contributed by atoms with Gasteiger partial charge in [0, 0.05) is 12.0 Å². The van der Waals surface area contributed by atoms with E-state index in [4.69, 9.17) is 10.1 Å². The maximum Gasteiger partial charge on any atom is 0.205 e. The quantitative estimate of drug-likeness (QED) is 0.359. The highest BCUT2D eigenvalue weighted by molar-refractivity contribution is 5.80. The van der Waals surface area contributed by atoms with Gasteiger partial charge in [-0.3, -0.25) is 0 Å². The van der Waals surface area contributed by atoms with Crippen LogP contribution < -0.4 is 0 Å². The SMILES string of the molecule is CC#CCc1nc(CCC2CCCCC2)nn1Cc1ccc(-c2ccccc2-c2nn[nH]n2)cc1. The molecule has 7 nitrogen and oxygen atoms in total. The fraction of sp³-hybridized carbons (Fsp3) is 0.393. The Morgan fingerprint density at radius 2 is 1.80 bits per heavy atom. The van der Waals surface area contributed by atoms with Crippen LogP contribution >= 0.6 is 0 Å². The molecule has 0 aliphatic heterocycles. The van der Waals surface area contributed by atoms with Crippen LogP contribution in [0.2, 0.25) is 0 Å². The molecule has 1 fully saturated rings. The summed E-state index contributed by atoms with van der Waals surface area (Å²) in [5, 5.41) is 19.4. The molecule has 1 aliphatic rings. The van der Waals surface area contributed by atoms with Gasteiger partial charge in [-0.1, -0.05) is 86.6 Å². The Hall–Kier alpha value is -3.79. The molecule has 0 amide bonds. The molecule has 0 unspecified atom stereocenters. The van der Waals surface area contributed by atoms with E-state index in [0.717, 1.165) is 40.7 Å². The number of aryl methyl sites for hydroxylation is 1. The molecule has 2 aromatic carbocycles. The summed E-state index contributed by atoms with van der Waals surface area (Å²) in [6, 6.07) is 16.7. The number of hydrogen-bond donors (Lipinski definition) is 1. The molecule has 2 heterocycles. The van der Waals surface area contributed by atoms with Crippen LogP contribution in [-0.2, 0) is 19.4 Å². The van der Waals surface area contributed by atoms with Crippen molar-refractivity contribution in [3.05, 3.63) is 65.7 Å². The second-order valence-corrected chi connectivity index (χ2v) is 9.23. The molecule has 1 N–H and O–H groups in total. The van der Waals surface area contributed by atoms with Gasteiger partial charge in [-0.15, -0.1) is 16.1 Å². The number of H-pyrrole nitrogens is 1. The zero-order chi connectivity index (χ0) is 23.9. The molecule has 1 aliphatic carbocycles. The zero-order valence-corrected chi connectivity index (χ0v) is 20.2. The Morgan fingerprint density at radius 1 is 1.00 bits per heavy atom. The minimum absolute atomic E-state index is 0.592. The van der Waals surface area contributed by atoms with Crippen molar-refractivity contribution in [2.45, 2.75) is 64.8 Å². The lowest BCUT2D eigenvalue weighted by Gasteiger charge is -2.20. The third kappa shape index (κ3) is 5.65. The van der Waals surface area contributed by atoms with Crippen molar-refractivity contribution in [3.8, 4) is 34.4 Å². The van der Waals surface area contributed by atoms with Gasteiger partial charge in [0.15, 0.2) is 5.82 Å². The molecule has 0 spiro atoms. The average molecular weight is 466 g/mol. The number of tetrazole rings is 1. The van der Waals surface area contributed by atoms with Gasteiger partial charge in [0.05, 0.1) is 13.0 Å². The van der Waals surface area contributed by atoms with E-state index in [1.807, 2.05) is 29.8 Å². The lowest BCUT2D eigenvalue weighted by Crippen LogP contribution is -2.08. The van der Waals surface area contributed by atoms with E-state index in [-0.39, 0.29) is 0 Å². The van der Waals surface area contributed by atoms with Gasteiger partial charge in [0.25, 0.3) is 0 Å². The minimum Gasteiger partial charge on any atom is -0.244 e. The maximum absolute atomic E-state index is 4.88. The van der Waals surface area contributed by atoms with Crippen LogP contribution in [0.5, 0.6) is 0 Å². The van der Waals surface area contributed by atoms with Crippen molar-refractivity contribution >= 4 is 0 Å². The van der Waals surface area contributed by atoms with E-state index in [9.17, 15) is 0 Å². The highest BCUT2D eigenvalue weighted by Gasteiger charge is 2.16. The number of aromatic nitrogens is 7. The van der Waals surface area contributed by atoms with E-state index in [1.54, 1.807) is 0 Å². The first-order valence-electron chi connectivity index (χ1n) is 12.5. The fourth-order valence-corrected chi connectivity index (χ4v) is 4.93. The third-order valence-corrected chi connectivity index (χ3v) is 6.83. The first kappa shape index (κ1) is 23.0. The molecule has 7 heteroatoms. The van der Waals surface area contributed by atoms with Crippen molar-refractivity contribution in [2.75, 3.05) is 0 Å². The standard InChI is InChI=1S/C28H31N7/c1-2-3-13-27-29-26(19-16-21-9-5-4-6-10-21)32-35(27)20-22-14-17-23(18-15-22)24-11-7-8-12-25(24)28-30-33-34-31-28/h7-8,11-12,14-15,17-18,21H,4-6,9-10,13,16,19-20H2,1H3,(H,30,31,33,34). The number of hydrogen-bond acceptors (Lipinski definition) is 5. The predicted octanol–water partition coefficient (Wildman–Crippen LogP) is 5.25. The first-order chi connectivity index (χ1) is 17.3. The molecule has 5 rings (SSSR count). The molecule has 0 bridgehead atoms. The average Bonchev–Trinajstić information content (AvgIpc) is 3.58. The molecule has 0 saturated heterocycles. The highest BCUT2D eigenvalue weighted by Crippen LogP contribution is 2.30. The maximum atomic E-state index is 4.88. The summed E-state index contributed by atoms with van der Waals surface area (Å²) in [6.07, 6.45) is 9.63. The van der Waals surface area contributed by atoms with E-state index in [1.165, 1.54) is 44.1 Å². The van der Waals surface area contributed by atoms with Crippen molar-refractivity contribution in [1.82, 2.24) is 35.4 Å². The number of rotatable bonds is 8. The number of nitrogens with zero attached hydrogens (tertiary/aromatic N) is 6. The monoisotopic (exact) mass is 465 g/mol. The first-order valence-corrected chi connectivity index (χ1v) is 12.5. The highest BCUT2D eigenvalue weighted by atomic mass is 15.5. The van der Waals surface area contributed by atoms with Crippen LogP contribution in [0, 0.1) is 17.8 Å². The summed E-state index contributed by atoms with van der Waals surface area (Å²) in [6.45, 7) is 2.56. The van der Waals surface area contributed by atoms with Gasteiger partial charge < -0.3 is 0 Å². The summed E-state index contributed by atoms with van der Waals surface area (Å²) >= 11 is 0. The molecule has 178 valence electrons. The second-order valence-electron chi connectivity index (χ2n) is 9.23. The summed E-state index contributed by atoms with van der Waals surface area (Å²) < 4.78 is 2.03. The van der Waals surface area contributed by atoms with Crippen LogP contribution in [0.25, 0.3) is 22.5 Å². The molecule has 2 aromatic heterocycles. The molecule has 0 radical (unpaired) electrons. The Labute approximate surface area is 206 Å². The number of nitrogens with one attached hydrogen (secondary N) is 1. The topological polar surface area (TPSA) is 85.2 Å². The van der Waals surface area contributed by atoms with Crippen LogP contribution in [0.1, 0.15) is 62.7 Å². The Kier molecular flexibility index (Phi) is 7.28. The van der Waals surface area contributed by atoms with Crippen LogP contribution in [0.15, 0.2) is 48.5 Å². The summed E-state index contributed by atoms with van der Waals surface area (Å²) in [5.74, 6) is 9.49. The summed E-state index contributed by atoms with van der Waals surface area (Å²) in [5.41, 5.74) is 4.32. The normalized spacial score (nSPS) is 14.0. The van der Waals surface area contributed by atoms with Gasteiger partial charge in [-0.2, -0.15) is 10.3 Å². The zero-order valence-electron chi connectivity index (χ0n) is 20.2. The Balaban J connectivity index is 1.32. The molecule has 35 heavy (non-hydrogen) atoms. The van der Waals surface area contributed by atoms with Gasteiger partial charge in [-0.05, 0) is 41.2 Å². The predicted molar refractivity (Wildman–Crippen MR) is 136 cm³/mol. The van der Waals surface area contributed by atoms with Crippen molar-refractivity contribution in [2.24, 2.45) is 5.92 Å². The second kappa shape index (κ2) is 11.1. The Bertz CT molecular complexity index is 1290. The summed E-state index contributed by atoms with van der Waals surface area (Å²) in [4.78, 5) is 4.86. The Morgan fingerprint density at radius 3 is 2.54 bits per heavy atom. The van der Waals surface area contributed by atoms with Crippen LogP contribution in [-0.4, -0.2) is 35.4 Å². The largest absolute Gasteiger partial charge is 0.244 e. The van der Waals surface area contributed by atoms with Gasteiger partial charge in [-0.25, -0.2) is 9.67 Å². The van der Waals surface area contributed by atoms with E-state index in [0.29, 0.717) is 18.8 Å². The van der Waals surface area contributed by atoms with Crippen molar-refractivity contribution in [1.29, 1.82) is 0 Å². The molecule has 1 saturated carbocycles. The molecule has 0 atom stereocenters. The van der Waals surface area contributed by atoms with Crippen molar-refractivity contribution in [3.63, 3.8) is 0 Å². The summed E-state index contributed by atoms with van der Waals surface area (Å²) in [7, 11) is 0. The van der Waals surface area contributed by atoms with E-state index in [2.05, 4.69) is 62.8 Å². The van der Waals surface area contributed by atoms with Gasteiger partial charge in [0.1, 0.15) is 5.82 Å². The fourth-order valence-electron chi connectivity index (χ4n) is 4.93. The molecular weight excluding hydrogens is 434 g/mol. The number of aromatic amines is 1. The molecule has 4 aromatic rings. The smallest absolute Gasteiger partial charge is 0.205 e. The van der Waals surface area contributed by atoms with Crippen molar-refractivity contribution < 1.29 is 0 Å². The third-order valence-electron chi connectivity index (χ3n) is 6.83. The lowest BCUT2D eigenvalue weighted by molar-refractivity contribution is 0.337.